The Balaban J connectivity index is 1.33. The summed E-state index contributed by atoms with van der Waals surface area (Å²) < 4.78 is 0. The molecule has 30 heavy (non-hydrogen) atoms. The van der Waals surface area contributed by atoms with E-state index in [1.165, 1.54) is 11.1 Å². The van der Waals surface area contributed by atoms with Gasteiger partial charge in [0.15, 0.2) is 5.96 Å². The SMILES string of the molecule is CN=C(NCCCc1ccc(Cl)cc1)NCC1CC(=O)N(CCc2ccccc2)C1. The smallest absolute Gasteiger partial charge is 0.223 e. The summed E-state index contributed by atoms with van der Waals surface area (Å²) >= 11 is 5.93. The zero-order valence-electron chi connectivity index (χ0n) is 17.6. The van der Waals surface area contributed by atoms with Crippen molar-refractivity contribution in [3.05, 3.63) is 70.7 Å². The van der Waals surface area contributed by atoms with E-state index in [9.17, 15) is 4.79 Å². The number of nitrogens with one attached hydrogen (secondary N) is 2. The third-order valence-electron chi connectivity index (χ3n) is 5.44. The zero-order valence-corrected chi connectivity index (χ0v) is 18.4. The molecule has 1 atom stereocenters. The number of likely N-dealkylation sites (tertiary alicyclic amines) is 1. The molecule has 0 saturated carbocycles. The highest BCUT2D eigenvalue weighted by atomic mass is 35.5. The number of carbonyl (C=O) groups is 1. The summed E-state index contributed by atoms with van der Waals surface area (Å²) in [5, 5.41) is 7.50. The number of carbonyl (C=O) groups excluding carboxylic acids is 1. The molecule has 0 bridgehead atoms. The van der Waals surface area contributed by atoms with Crippen LogP contribution in [0.15, 0.2) is 59.6 Å². The standard InChI is InChI=1S/C24H31ClN4O/c1-26-24(27-14-5-8-20-9-11-22(25)12-10-20)28-17-21-16-23(30)29(18-21)15-13-19-6-3-2-4-7-19/h2-4,6-7,9-12,21H,5,8,13-18H2,1H3,(H2,26,27,28). The molecular formula is C24H31ClN4O. The van der Waals surface area contributed by atoms with Crippen molar-refractivity contribution < 1.29 is 4.79 Å². The molecule has 1 amide bonds. The molecule has 1 aliphatic heterocycles. The Bertz CT molecular complexity index is 823. The summed E-state index contributed by atoms with van der Waals surface area (Å²) in [5.74, 6) is 1.37. The van der Waals surface area contributed by atoms with E-state index in [4.69, 9.17) is 11.6 Å². The summed E-state index contributed by atoms with van der Waals surface area (Å²) in [6, 6.07) is 18.3. The van der Waals surface area contributed by atoms with E-state index < -0.39 is 0 Å². The number of hydrogen-bond acceptors (Lipinski definition) is 2. The average molecular weight is 427 g/mol. The molecule has 1 fully saturated rings. The number of halogens is 1. The minimum atomic E-state index is 0.253. The van der Waals surface area contributed by atoms with Gasteiger partial charge in [-0.2, -0.15) is 0 Å². The lowest BCUT2D eigenvalue weighted by Gasteiger charge is -2.18. The van der Waals surface area contributed by atoms with Crippen LogP contribution >= 0.6 is 11.6 Å². The van der Waals surface area contributed by atoms with E-state index >= 15 is 0 Å². The van der Waals surface area contributed by atoms with Crippen LogP contribution in [0.25, 0.3) is 0 Å². The first-order valence-electron chi connectivity index (χ1n) is 10.6. The number of benzene rings is 2. The Hall–Kier alpha value is -2.53. The Morgan fingerprint density at radius 3 is 2.53 bits per heavy atom. The topological polar surface area (TPSA) is 56.7 Å². The molecule has 1 heterocycles. The van der Waals surface area contributed by atoms with Crippen LogP contribution in [0.5, 0.6) is 0 Å². The predicted octanol–water partition coefficient (Wildman–Crippen LogP) is 3.53. The molecule has 2 aromatic rings. The molecule has 0 aliphatic carbocycles. The van der Waals surface area contributed by atoms with Gasteiger partial charge in [0, 0.05) is 50.6 Å². The first-order chi connectivity index (χ1) is 14.6. The van der Waals surface area contributed by atoms with Gasteiger partial charge in [-0.25, -0.2) is 0 Å². The van der Waals surface area contributed by atoms with Gasteiger partial charge in [-0.3, -0.25) is 9.79 Å². The van der Waals surface area contributed by atoms with Crippen LogP contribution in [-0.4, -0.2) is 50.0 Å². The van der Waals surface area contributed by atoms with Crippen molar-refractivity contribution in [2.75, 3.05) is 33.2 Å². The van der Waals surface area contributed by atoms with Crippen LogP contribution in [0.4, 0.5) is 0 Å². The van der Waals surface area contributed by atoms with Gasteiger partial charge < -0.3 is 15.5 Å². The minimum absolute atomic E-state index is 0.253. The van der Waals surface area contributed by atoms with E-state index in [1.807, 2.05) is 35.2 Å². The van der Waals surface area contributed by atoms with E-state index in [0.29, 0.717) is 12.3 Å². The molecule has 1 saturated heterocycles. The molecule has 3 rings (SSSR count). The second-order valence-corrected chi connectivity index (χ2v) is 8.19. The second-order valence-electron chi connectivity index (χ2n) is 7.76. The fraction of sp³-hybridized carbons (Fsp3) is 0.417. The summed E-state index contributed by atoms with van der Waals surface area (Å²) in [4.78, 5) is 18.6. The fourth-order valence-corrected chi connectivity index (χ4v) is 3.85. The lowest BCUT2D eigenvalue weighted by Crippen LogP contribution is -2.40. The Kier molecular flexibility index (Phi) is 8.57. The van der Waals surface area contributed by atoms with E-state index in [2.05, 4.69) is 39.9 Å². The van der Waals surface area contributed by atoms with Crippen molar-refractivity contribution >= 4 is 23.5 Å². The van der Waals surface area contributed by atoms with Gasteiger partial charge in [0.1, 0.15) is 0 Å². The molecule has 6 heteroatoms. The lowest BCUT2D eigenvalue weighted by molar-refractivity contribution is -0.127. The maximum atomic E-state index is 12.3. The van der Waals surface area contributed by atoms with Crippen LogP contribution in [0, 0.1) is 5.92 Å². The summed E-state index contributed by atoms with van der Waals surface area (Å²) in [6.45, 7) is 3.20. The minimum Gasteiger partial charge on any atom is -0.356 e. The van der Waals surface area contributed by atoms with E-state index in [0.717, 1.165) is 56.4 Å². The number of nitrogens with zero attached hydrogens (tertiary/aromatic N) is 2. The second kappa shape index (κ2) is 11.6. The molecule has 0 spiro atoms. The summed E-state index contributed by atoms with van der Waals surface area (Å²) in [5.41, 5.74) is 2.55. The molecule has 2 aromatic carbocycles. The van der Waals surface area contributed by atoms with E-state index in [-0.39, 0.29) is 5.91 Å². The number of hydrogen-bond donors (Lipinski definition) is 2. The molecule has 1 aliphatic rings. The molecule has 160 valence electrons. The number of aliphatic imine (C=N–C) groups is 1. The van der Waals surface area contributed by atoms with Crippen molar-refractivity contribution in [3.8, 4) is 0 Å². The molecule has 0 radical (unpaired) electrons. The predicted molar refractivity (Wildman–Crippen MR) is 124 cm³/mol. The van der Waals surface area contributed by atoms with Crippen molar-refractivity contribution in [3.63, 3.8) is 0 Å². The highest BCUT2D eigenvalue weighted by molar-refractivity contribution is 6.30. The van der Waals surface area contributed by atoms with Crippen molar-refractivity contribution in [2.24, 2.45) is 10.9 Å². The molecule has 5 nitrogen and oxygen atoms in total. The Labute approximate surface area is 184 Å². The van der Waals surface area contributed by atoms with Crippen molar-refractivity contribution in [1.82, 2.24) is 15.5 Å². The van der Waals surface area contributed by atoms with Gasteiger partial charge in [0.25, 0.3) is 0 Å². The normalized spacial score (nSPS) is 16.7. The van der Waals surface area contributed by atoms with Gasteiger partial charge in [0.05, 0.1) is 0 Å². The van der Waals surface area contributed by atoms with Gasteiger partial charge in [-0.05, 0) is 42.5 Å². The first-order valence-corrected chi connectivity index (χ1v) is 11.0. The number of rotatable bonds is 9. The Morgan fingerprint density at radius 1 is 1.07 bits per heavy atom. The van der Waals surface area contributed by atoms with E-state index in [1.54, 1.807) is 7.05 Å². The molecule has 1 unspecified atom stereocenters. The maximum Gasteiger partial charge on any atom is 0.223 e. The third-order valence-corrected chi connectivity index (χ3v) is 5.69. The zero-order chi connectivity index (χ0) is 21.2. The maximum absolute atomic E-state index is 12.3. The third kappa shape index (κ3) is 7.06. The first kappa shape index (κ1) is 22.2. The van der Waals surface area contributed by atoms with Crippen LogP contribution < -0.4 is 10.6 Å². The highest BCUT2D eigenvalue weighted by Crippen LogP contribution is 2.17. The van der Waals surface area contributed by atoms with Crippen LogP contribution in [0.3, 0.4) is 0 Å². The lowest BCUT2D eigenvalue weighted by atomic mass is 10.1. The summed E-state index contributed by atoms with van der Waals surface area (Å²) in [6.07, 6.45) is 3.52. The number of guanidine groups is 1. The average Bonchev–Trinajstić information content (AvgIpc) is 3.13. The fourth-order valence-electron chi connectivity index (χ4n) is 3.73. The molecular weight excluding hydrogens is 396 g/mol. The van der Waals surface area contributed by atoms with Gasteiger partial charge in [0.2, 0.25) is 5.91 Å². The summed E-state index contributed by atoms with van der Waals surface area (Å²) in [7, 11) is 1.78. The molecule has 0 aromatic heterocycles. The van der Waals surface area contributed by atoms with Crippen LogP contribution in [-0.2, 0) is 17.6 Å². The van der Waals surface area contributed by atoms with Crippen LogP contribution in [0.2, 0.25) is 5.02 Å². The highest BCUT2D eigenvalue weighted by Gasteiger charge is 2.29. The van der Waals surface area contributed by atoms with Gasteiger partial charge in [-0.1, -0.05) is 54.1 Å². The van der Waals surface area contributed by atoms with Crippen LogP contribution in [0.1, 0.15) is 24.0 Å². The van der Waals surface area contributed by atoms with Crippen molar-refractivity contribution in [1.29, 1.82) is 0 Å². The number of aryl methyl sites for hydroxylation is 1. The Morgan fingerprint density at radius 2 is 1.80 bits per heavy atom. The quantitative estimate of drug-likeness (QED) is 0.366. The number of amides is 1. The largest absolute Gasteiger partial charge is 0.356 e. The van der Waals surface area contributed by atoms with Crippen molar-refractivity contribution in [2.45, 2.75) is 25.7 Å². The van der Waals surface area contributed by atoms with Gasteiger partial charge >= 0.3 is 0 Å². The molecule has 2 N–H and O–H groups in total. The van der Waals surface area contributed by atoms with Gasteiger partial charge in [-0.15, -0.1) is 0 Å². The monoisotopic (exact) mass is 426 g/mol.